The average Bonchev–Trinajstić information content (AvgIpc) is 2.40. The monoisotopic (exact) mass is 288 g/mol. The van der Waals surface area contributed by atoms with Gasteiger partial charge < -0.3 is 5.32 Å². The minimum absolute atomic E-state index is 0.104. The predicted octanol–water partition coefficient (Wildman–Crippen LogP) is 4.28. The van der Waals surface area contributed by atoms with Crippen molar-refractivity contribution in [1.82, 2.24) is 4.98 Å². The van der Waals surface area contributed by atoms with E-state index in [1.165, 1.54) is 0 Å². The molecule has 4 heteroatoms. The largest absolute Gasteiger partial charge is 0.319 e. The van der Waals surface area contributed by atoms with E-state index in [4.69, 9.17) is 11.6 Å². The molecule has 0 aliphatic carbocycles. The summed E-state index contributed by atoms with van der Waals surface area (Å²) in [5.74, 6) is -0.176. The second-order valence-electron chi connectivity index (χ2n) is 5.61. The number of halogens is 1. The Kier molecular flexibility index (Phi) is 4.09. The quantitative estimate of drug-likeness (QED) is 0.896. The summed E-state index contributed by atoms with van der Waals surface area (Å²) in [4.78, 5) is 16.4. The summed E-state index contributed by atoms with van der Waals surface area (Å²) in [6.07, 6.45) is 3.13. The van der Waals surface area contributed by atoms with Gasteiger partial charge >= 0.3 is 0 Å². The number of hydrogen-bond donors (Lipinski definition) is 1. The number of rotatable bonds is 2. The van der Waals surface area contributed by atoms with Crippen LogP contribution in [0.3, 0.4) is 0 Å². The highest BCUT2D eigenvalue weighted by molar-refractivity contribution is 6.33. The van der Waals surface area contributed by atoms with Crippen molar-refractivity contribution in [1.29, 1.82) is 0 Å². The molecule has 0 saturated heterocycles. The number of benzene rings is 1. The first-order chi connectivity index (χ1) is 9.39. The van der Waals surface area contributed by atoms with Crippen molar-refractivity contribution in [3.63, 3.8) is 0 Å². The van der Waals surface area contributed by atoms with Crippen LogP contribution in [0, 0.1) is 0 Å². The maximum Gasteiger partial charge on any atom is 0.256 e. The van der Waals surface area contributed by atoms with Crippen LogP contribution in [0.25, 0.3) is 0 Å². The van der Waals surface area contributed by atoms with E-state index in [1.807, 2.05) is 24.3 Å². The first-order valence-corrected chi connectivity index (χ1v) is 6.78. The number of carbonyl (C=O) groups excluding carboxylic acids is 1. The molecule has 2 rings (SSSR count). The van der Waals surface area contributed by atoms with Crippen molar-refractivity contribution >= 4 is 23.2 Å². The third kappa shape index (κ3) is 3.17. The number of anilines is 1. The number of amides is 1. The maximum atomic E-state index is 12.4. The Bertz CT molecular complexity index is 632. The smallest absolute Gasteiger partial charge is 0.256 e. The van der Waals surface area contributed by atoms with Crippen molar-refractivity contribution in [2.75, 3.05) is 5.32 Å². The summed E-state index contributed by atoms with van der Waals surface area (Å²) in [5, 5.41) is 3.28. The summed E-state index contributed by atoms with van der Waals surface area (Å²) < 4.78 is 0. The molecule has 0 radical (unpaired) electrons. The summed E-state index contributed by atoms with van der Waals surface area (Å²) in [6.45, 7) is 6.24. The van der Waals surface area contributed by atoms with Crippen LogP contribution in [0.5, 0.6) is 0 Å². The van der Waals surface area contributed by atoms with Gasteiger partial charge in [-0.15, -0.1) is 0 Å². The molecule has 3 nitrogen and oxygen atoms in total. The Morgan fingerprint density at radius 2 is 1.90 bits per heavy atom. The van der Waals surface area contributed by atoms with E-state index in [9.17, 15) is 4.79 Å². The van der Waals surface area contributed by atoms with Crippen LogP contribution in [0.4, 0.5) is 5.69 Å². The highest BCUT2D eigenvalue weighted by atomic mass is 35.5. The lowest BCUT2D eigenvalue weighted by Gasteiger charge is -2.22. The zero-order chi connectivity index (χ0) is 14.8. The molecule has 1 heterocycles. The zero-order valence-corrected chi connectivity index (χ0v) is 12.5. The number of nitrogens with one attached hydrogen (secondary N) is 1. The van der Waals surface area contributed by atoms with E-state index < -0.39 is 0 Å². The lowest BCUT2D eigenvalue weighted by atomic mass is 9.83. The number of aromatic nitrogens is 1. The number of nitrogens with zero attached hydrogens (tertiary/aromatic N) is 1. The molecule has 0 aliphatic rings. The molecular formula is C16H17ClN2O. The number of carbonyl (C=O) groups is 1. The molecule has 1 aromatic heterocycles. The first-order valence-electron chi connectivity index (χ1n) is 6.40. The fourth-order valence-corrected chi connectivity index (χ4v) is 2.15. The Hall–Kier alpha value is -1.87. The number of hydrogen-bond acceptors (Lipinski definition) is 2. The summed E-state index contributed by atoms with van der Waals surface area (Å²) in [7, 11) is 0. The average molecular weight is 289 g/mol. The van der Waals surface area contributed by atoms with Crippen molar-refractivity contribution in [3.8, 4) is 0 Å². The normalized spacial score (nSPS) is 11.2. The van der Waals surface area contributed by atoms with Crippen molar-refractivity contribution in [2.24, 2.45) is 0 Å². The van der Waals surface area contributed by atoms with E-state index in [0.29, 0.717) is 16.3 Å². The van der Waals surface area contributed by atoms with E-state index in [0.717, 1.165) is 5.56 Å². The second-order valence-corrected chi connectivity index (χ2v) is 6.01. The van der Waals surface area contributed by atoms with Gasteiger partial charge in [-0.1, -0.05) is 50.6 Å². The molecule has 0 fully saturated rings. The summed E-state index contributed by atoms with van der Waals surface area (Å²) in [6, 6.07) is 9.23. The Labute approximate surface area is 124 Å². The van der Waals surface area contributed by atoms with E-state index in [1.54, 1.807) is 18.5 Å². The minimum Gasteiger partial charge on any atom is -0.319 e. The minimum atomic E-state index is -0.176. The second kappa shape index (κ2) is 5.63. The van der Waals surface area contributed by atoms with Gasteiger partial charge in [-0.3, -0.25) is 9.78 Å². The van der Waals surface area contributed by atoms with Gasteiger partial charge in [-0.2, -0.15) is 0 Å². The van der Waals surface area contributed by atoms with Gasteiger partial charge in [-0.05, 0) is 23.1 Å². The topological polar surface area (TPSA) is 42.0 Å². The predicted molar refractivity (Wildman–Crippen MR) is 82.3 cm³/mol. The van der Waals surface area contributed by atoms with Gasteiger partial charge in [0.15, 0.2) is 0 Å². The highest BCUT2D eigenvalue weighted by Crippen LogP contribution is 2.27. The third-order valence-electron chi connectivity index (χ3n) is 3.00. The fourth-order valence-electron chi connectivity index (χ4n) is 1.99. The van der Waals surface area contributed by atoms with Crippen LogP contribution in [-0.4, -0.2) is 10.9 Å². The van der Waals surface area contributed by atoms with Gasteiger partial charge in [0, 0.05) is 11.8 Å². The van der Waals surface area contributed by atoms with Crippen LogP contribution in [0.15, 0.2) is 42.7 Å². The van der Waals surface area contributed by atoms with Crippen LogP contribution >= 0.6 is 11.6 Å². The van der Waals surface area contributed by atoms with Crippen LogP contribution < -0.4 is 5.32 Å². The van der Waals surface area contributed by atoms with Gasteiger partial charge in [0.2, 0.25) is 0 Å². The van der Waals surface area contributed by atoms with Crippen molar-refractivity contribution < 1.29 is 4.79 Å². The Morgan fingerprint density at radius 1 is 1.20 bits per heavy atom. The summed E-state index contributed by atoms with van der Waals surface area (Å²) in [5.41, 5.74) is 2.06. The van der Waals surface area contributed by atoms with E-state index in [-0.39, 0.29) is 11.3 Å². The van der Waals surface area contributed by atoms with Gasteiger partial charge in [0.25, 0.3) is 5.91 Å². The van der Waals surface area contributed by atoms with E-state index >= 15 is 0 Å². The SMILES string of the molecule is CC(C)(C)c1ccccc1C(=O)Nc1cnccc1Cl. The molecule has 0 saturated carbocycles. The van der Waals surface area contributed by atoms with Crippen LogP contribution in [0.2, 0.25) is 5.02 Å². The molecule has 0 bridgehead atoms. The molecule has 1 aromatic carbocycles. The van der Waals surface area contributed by atoms with E-state index in [2.05, 4.69) is 31.1 Å². The van der Waals surface area contributed by atoms with Crippen LogP contribution in [0.1, 0.15) is 36.7 Å². The molecule has 2 aromatic rings. The lowest BCUT2D eigenvalue weighted by Crippen LogP contribution is -2.21. The van der Waals surface area contributed by atoms with Gasteiger partial charge in [0.1, 0.15) is 0 Å². The zero-order valence-electron chi connectivity index (χ0n) is 11.8. The molecule has 0 spiro atoms. The first kappa shape index (κ1) is 14.5. The lowest BCUT2D eigenvalue weighted by molar-refractivity contribution is 0.102. The third-order valence-corrected chi connectivity index (χ3v) is 3.33. The molecular weight excluding hydrogens is 272 g/mol. The van der Waals surface area contributed by atoms with Crippen molar-refractivity contribution in [3.05, 3.63) is 58.9 Å². The molecule has 1 amide bonds. The molecule has 1 N–H and O–H groups in total. The maximum absolute atomic E-state index is 12.4. The van der Waals surface area contributed by atoms with Gasteiger partial charge in [0.05, 0.1) is 16.9 Å². The molecule has 0 unspecified atom stereocenters. The molecule has 0 aliphatic heterocycles. The van der Waals surface area contributed by atoms with Gasteiger partial charge in [-0.25, -0.2) is 0 Å². The Balaban J connectivity index is 2.34. The van der Waals surface area contributed by atoms with Crippen molar-refractivity contribution in [2.45, 2.75) is 26.2 Å². The highest BCUT2D eigenvalue weighted by Gasteiger charge is 2.21. The number of pyridine rings is 1. The fraction of sp³-hybridized carbons (Fsp3) is 0.250. The Morgan fingerprint density at radius 3 is 2.55 bits per heavy atom. The molecule has 104 valence electrons. The molecule has 0 atom stereocenters. The van der Waals surface area contributed by atoms with Crippen LogP contribution in [-0.2, 0) is 5.41 Å². The molecule has 20 heavy (non-hydrogen) atoms. The summed E-state index contributed by atoms with van der Waals surface area (Å²) >= 11 is 6.03. The standard InChI is InChI=1S/C16H17ClN2O/c1-16(2,3)12-7-5-4-6-11(12)15(20)19-14-10-18-9-8-13(14)17/h4-10H,1-3H3,(H,19,20).